The van der Waals surface area contributed by atoms with Crippen molar-refractivity contribution in [2.75, 3.05) is 26.7 Å². The van der Waals surface area contributed by atoms with Crippen molar-refractivity contribution in [2.45, 2.75) is 50.8 Å². The van der Waals surface area contributed by atoms with Crippen molar-refractivity contribution < 1.29 is 9.26 Å². The van der Waals surface area contributed by atoms with Crippen LogP contribution in [0.3, 0.4) is 0 Å². The second-order valence-electron chi connectivity index (χ2n) is 5.89. The molecular formula is C14H24N4O2. The molecule has 0 aliphatic carbocycles. The van der Waals surface area contributed by atoms with Crippen LogP contribution in [-0.2, 0) is 11.2 Å². The highest BCUT2D eigenvalue weighted by Gasteiger charge is 2.34. The van der Waals surface area contributed by atoms with Gasteiger partial charge in [0.1, 0.15) is 6.10 Å². The number of rotatable bonds is 5. The first-order chi connectivity index (χ1) is 9.76. The van der Waals surface area contributed by atoms with Crippen molar-refractivity contribution in [3.05, 3.63) is 11.7 Å². The average Bonchev–Trinajstić information content (AvgIpc) is 3.12. The Kier molecular flexibility index (Phi) is 4.33. The molecule has 6 nitrogen and oxygen atoms in total. The summed E-state index contributed by atoms with van der Waals surface area (Å²) in [6.07, 6.45) is 4.32. The Morgan fingerprint density at radius 1 is 1.50 bits per heavy atom. The number of fused-ring (bicyclic) bond motifs is 1. The Labute approximate surface area is 119 Å². The first kappa shape index (κ1) is 14.0. The maximum atomic E-state index is 5.90. The Morgan fingerprint density at radius 3 is 3.25 bits per heavy atom. The number of morpholine rings is 1. The average molecular weight is 280 g/mol. The number of aromatic nitrogens is 2. The molecule has 3 atom stereocenters. The zero-order chi connectivity index (χ0) is 13.9. The van der Waals surface area contributed by atoms with Gasteiger partial charge in [-0.1, -0.05) is 5.16 Å². The van der Waals surface area contributed by atoms with Crippen LogP contribution in [0.1, 0.15) is 44.0 Å². The van der Waals surface area contributed by atoms with Gasteiger partial charge in [-0.2, -0.15) is 4.98 Å². The minimum atomic E-state index is -0.0245. The van der Waals surface area contributed by atoms with Gasteiger partial charge in [0.25, 0.3) is 0 Å². The van der Waals surface area contributed by atoms with E-state index >= 15 is 0 Å². The molecule has 112 valence electrons. The molecule has 0 amide bonds. The van der Waals surface area contributed by atoms with Gasteiger partial charge in [-0.05, 0) is 39.8 Å². The lowest BCUT2D eigenvalue weighted by Gasteiger charge is -2.33. The fourth-order valence-electron chi connectivity index (χ4n) is 2.96. The summed E-state index contributed by atoms with van der Waals surface area (Å²) in [5, 5.41) is 7.31. The quantitative estimate of drug-likeness (QED) is 0.873. The van der Waals surface area contributed by atoms with E-state index in [1.807, 2.05) is 7.05 Å². The molecule has 2 aliphatic heterocycles. The van der Waals surface area contributed by atoms with Crippen molar-refractivity contribution in [3.63, 3.8) is 0 Å². The third kappa shape index (κ3) is 3.02. The second kappa shape index (κ2) is 6.20. The number of hydrogen-bond donors (Lipinski definition) is 1. The first-order valence-corrected chi connectivity index (χ1v) is 7.61. The molecule has 0 radical (unpaired) electrons. The maximum absolute atomic E-state index is 5.90. The first-order valence-electron chi connectivity index (χ1n) is 7.61. The van der Waals surface area contributed by atoms with Crippen molar-refractivity contribution in [2.24, 2.45) is 0 Å². The van der Waals surface area contributed by atoms with Gasteiger partial charge in [0, 0.05) is 25.0 Å². The predicted octanol–water partition coefficient (Wildman–Crippen LogP) is 1.15. The summed E-state index contributed by atoms with van der Waals surface area (Å²) in [5.74, 6) is 1.43. The van der Waals surface area contributed by atoms with Gasteiger partial charge in [-0.25, -0.2) is 0 Å². The molecule has 2 saturated heterocycles. The van der Waals surface area contributed by atoms with Crippen LogP contribution in [0.2, 0.25) is 0 Å². The molecule has 3 heterocycles. The summed E-state index contributed by atoms with van der Waals surface area (Å²) in [7, 11) is 1.96. The van der Waals surface area contributed by atoms with Crippen molar-refractivity contribution >= 4 is 0 Å². The number of aryl methyl sites for hydroxylation is 1. The number of ether oxygens (including phenoxy) is 1. The van der Waals surface area contributed by atoms with E-state index in [0.29, 0.717) is 23.8 Å². The molecular weight excluding hydrogens is 256 g/mol. The third-order valence-corrected chi connectivity index (χ3v) is 4.44. The molecule has 0 saturated carbocycles. The highest BCUT2D eigenvalue weighted by molar-refractivity contribution is 4.97. The van der Waals surface area contributed by atoms with E-state index in [2.05, 4.69) is 27.3 Å². The monoisotopic (exact) mass is 280 g/mol. The topological polar surface area (TPSA) is 63.4 Å². The molecule has 3 rings (SSSR count). The van der Waals surface area contributed by atoms with Gasteiger partial charge in [0.2, 0.25) is 11.7 Å². The van der Waals surface area contributed by atoms with Crippen molar-refractivity contribution in [3.8, 4) is 0 Å². The van der Waals surface area contributed by atoms with Crippen LogP contribution in [-0.4, -0.2) is 53.9 Å². The summed E-state index contributed by atoms with van der Waals surface area (Å²) >= 11 is 0. The van der Waals surface area contributed by atoms with Gasteiger partial charge < -0.3 is 14.6 Å². The Balaban J connectivity index is 1.56. The SMILES string of the molecule is CNC(C)CCc1nc(C2CN3CCCC3CO2)no1. The molecule has 2 fully saturated rings. The van der Waals surface area contributed by atoms with Crippen LogP contribution in [0.5, 0.6) is 0 Å². The second-order valence-corrected chi connectivity index (χ2v) is 5.89. The Hall–Kier alpha value is -0.980. The number of nitrogens with one attached hydrogen (secondary N) is 1. The molecule has 1 N–H and O–H groups in total. The van der Waals surface area contributed by atoms with Gasteiger partial charge in [-0.15, -0.1) is 0 Å². The van der Waals surface area contributed by atoms with Crippen molar-refractivity contribution in [1.82, 2.24) is 20.4 Å². The maximum Gasteiger partial charge on any atom is 0.226 e. The smallest absolute Gasteiger partial charge is 0.226 e. The van der Waals surface area contributed by atoms with Crippen LogP contribution in [0.4, 0.5) is 0 Å². The molecule has 3 unspecified atom stereocenters. The minimum Gasteiger partial charge on any atom is -0.367 e. The molecule has 2 aliphatic rings. The number of hydrogen-bond acceptors (Lipinski definition) is 6. The van der Waals surface area contributed by atoms with E-state index in [-0.39, 0.29) is 6.10 Å². The zero-order valence-corrected chi connectivity index (χ0v) is 12.3. The predicted molar refractivity (Wildman–Crippen MR) is 74.4 cm³/mol. The van der Waals surface area contributed by atoms with Gasteiger partial charge >= 0.3 is 0 Å². The Morgan fingerprint density at radius 2 is 2.40 bits per heavy atom. The summed E-state index contributed by atoms with van der Waals surface area (Å²) in [6, 6.07) is 1.07. The van der Waals surface area contributed by atoms with E-state index in [4.69, 9.17) is 9.26 Å². The van der Waals surface area contributed by atoms with Crippen LogP contribution in [0.15, 0.2) is 4.52 Å². The molecule has 6 heteroatoms. The lowest BCUT2D eigenvalue weighted by Crippen LogP contribution is -2.42. The summed E-state index contributed by atoms with van der Waals surface area (Å²) < 4.78 is 11.2. The lowest BCUT2D eigenvalue weighted by atomic mass is 10.2. The highest BCUT2D eigenvalue weighted by atomic mass is 16.5. The Bertz CT molecular complexity index is 437. The normalized spacial score (nSPS) is 28.5. The molecule has 1 aromatic heterocycles. The lowest BCUT2D eigenvalue weighted by molar-refractivity contribution is -0.0548. The summed E-state index contributed by atoms with van der Waals surface area (Å²) in [5.41, 5.74) is 0. The molecule has 0 bridgehead atoms. The van der Waals surface area contributed by atoms with E-state index < -0.39 is 0 Å². The fraction of sp³-hybridized carbons (Fsp3) is 0.857. The summed E-state index contributed by atoms with van der Waals surface area (Å²) in [4.78, 5) is 6.99. The van der Waals surface area contributed by atoms with E-state index in [9.17, 15) is 0 Å². The molecule has 20 heavy (non-hydrogen) atoms. The minimum absolute atomic E-state index is 0.0245. The largest absolute Gasteiger partial charge is 0.367 e. The van der Waals surface area contributed by atoms with Crippen LogP contribution in [0, 0.1) is 0 Å². The van der Waals surface area contributed by atoms with Gasteiger partial charge in [0.15, 0.2) is 0 Å². The van der Waals surface area contributed by atoms with Crippen LogP contribution < -0.4 is 5.32 Å². The van der Waals surface area contributed by atoms with Gasteiger partial charge in [0.05, 0.1) is 6.61 Å². The standard InChI is InChI=1S/C14H24N4O2/c1-10(15-2)5-6-13-16-14(17-20-13)12-8-18-7-3-4-11(18)9-19-12/h10-12,15H,3-9H2,1-2H3. The zero-order valence-electron chi connectivity index (χ0n) is 12.3. The van der Waals surface area contributed by atoms with Crippen molar-refractivity contribution in [1.29, 1.82) is 0 Å². The molecule has 1 aromatic rings. The van der Waals surface area contributed by atoms with Crippen LogP contribution in [0.25, 0.3) is 0 Å². The highest BCUT2D eigenvalue weighted by Crippen LogP contribution is 2.28. The van der Waals surface area contributed by atoms with Crippen LogP contribution >= 0.6 is 0 Å². The molecule has 0 spiro atoms. The molecule has 0 aromatic carbocycles. The van der Waals surface area contributed by atoms with E-state index in [1.165, 1.54) is 19.4 Å². The van der Waals surface area contributed by atoms with E-state index in [0.717, 1.165) is 26.0 Å². The summed E-state index contributed by atoms with van der Waals surface area (Å²) in [6.45, 7) is 5.02. The fourth-order valence-corrected chi connectivity index (χ4v) is 2.96. The van der Waals surface area contributed by atoms with E-state index in [1.54, 1.807) is 0 Å². The number of nitrogens with zero attached hydrogens (tertiary/aromatic N) is 3. The third-order valence-electron chi connectivity index (χ3n) is 4.44. The van der Waals surface area contributed by atoms with Gasteiger partial charge in [-0.3, -0.25) is 4.90 Å².